The molecule has 320 valence electrons. The van der Waals surface area contributed by atoms with Gasteiger partial charge in [-0.25, -0.2) is 4.79 Å². The van der Waals surface area contributed by atoms with Crippen molar-refractivity contribution < 1.29 is 53.4 Å². The summed E-state index contributed by atoms with van der Waals surface area (Å²) in [6.07, 6.45) is 2.54. The first-order valence-corrected chi connectivity index (χ1v) is 19.9. The van der Waals surface area contributed by atoms with Crippen LogP contribution in [-0.2, 0) is 43.2 Å². The Labute approximate surface area is 331 Å². The molecular weight excluding hydrogens is 756 g/mol. The number of carbonyl (C=O) groups excluding carboxylic acids is 7. The molecule has 0 aliphatic heterocycles. The lowest BCUT2D eigenvalue weighted by Gasteiger charge is -2.27. The predicted molar refractivity (Wildman–Crippen MR) is 207 cm³/mol. The summed E-state index contributed by atoms with van der Waals surface area (Å²) in [6.45, 7) is 5.38. The normalized spacial score (nSPS) is 15.3. The van der Waals surface area contributed by atoms with E-state index in [1.54, 1.807) is 13.2 Å². The minimum atomic E-state index is -1.69. The second kappa shape index (κ2) is 27.9. The van der Waals surface area contributed by atoms with Crippen LogP contribution in [-0.4, -0.2) is 131 Å². The number of rotatable bonds is 30. The number of amides is 7. The average molecular weight is 819 g/mol. The van der Waals surface area contributed by atoms with Gasteiger partial charge in [-0.2, -0.15) is 11.8 Å². The highest BCUT2D eigenvalue weighted by atomic mass is 32.2. The number of unbranched alkanes of at least 4 members (excludes halogenated alkanes) is 2. The van der Waals surface area contributed by atoms with E-state index >= 15 is 0 Å². The molecule has 0 aromatic carbocycles. The average Bonchev–Trinajstić information content (AvgIpc) is 3.13. The second-order valence-electron chi connectivity index (χ2n) is 13.4. The van der Waals surface area contributed by atoms with Gasteiger partial charge in [-0.1, -0.05) is 20.3 Å². The van der Waals surface area contributed by atoms with Crippen molar-refractivity contribution in [3.05, 3.63) is 0 Å². The molecule has 0 unspecified atom stereocenters. The largest absolute Gasteiger partial charge is 0.481 e. The van der Waals surface area contributed by atoms with Crippen molar-refractivity contribution in [3.63, 3.8) is 0 Å². The SMILES string of the molecule is CC[C@H](C)[C@H](N)C(=O)N[C@@H](CCSC)C(=O)N[C@@H](CC(=O)O)C(=O)N[C@@H](CCCCN)C(=O)N[C@@H](CCCCN)C(=O)N[C@@H](C)C(=O)N[C@@H](CC(N)=O)C(=O)O. The molecule has 0 spiro atoms. The first kappa shape index (κ1) is 51.5. The second-order valence-corrected chi connectivity index (χ2v) is 14.4. The Hall–Kier alpha value is -4.54. The van der Waals surface area contributed by atoms with Crippen molar-refractivity contribution in [2.45, 2.75) is 127 Å². The third-order valence-corrected chi connectivity index (χ3v) is 9.39. The Bertz CT molecular complexity index is 1340. The Kier molecular flexibility index (Phi) is 25.7. The van der Waals surface area contributed by atoms with E-state index in [4.69, 9.17) is 22.9 Å². The number of carboxylic acids is 2. The van der Waals surface area contributed by atoms with E-state index in [2.05, 4.69) is 31.9 Å². The summed E-state index contributed by atoms with van der Waals surface area (Å²) in [5.74, 6) is -8.83. The molecule has 0 aliphatic carbocycles. The van der Waals surface area contributed by atoms with E-state index in [9.17, 15) is 53.4 Å². The van der Waals surface area contributed by atoms with Gasteiger partial charge in [0.25, 0.3) is 0 Å². The lowest BCUT2D eigenvalue weighted by Crippen LogP contribution is -2.60. The number of thioether (sulfide) groups is 1. The van der Waals surface area contributed by atoms with Gasteiger partial charge >= 0.3 is 11.9 Å². The third-order valence-electron chi connectivity index (χ3n) is 8.75. The van der Waals surface area contributed by atoms with E-state index in [-0.39, 0.29) is 38.3 Å². The van der Waals surface area contributed by atoms with Crippen LogP contribution in [0.5, 0.6) is 0 Å². The van der Waals surface area contributed by atoms with Crippen molar-refractivity contribution >= 4 is 65.1 Å². The van der Waals surface area contributed by atoms with Crippen LogP contribution in [0, 0.1) is 5.92 Å². The van der Waals surface area contributed by atoms with Gasteiger partial charge in [-0.05, 0) is 82.9 Å². The smallest absolute Gasteiger partial charge is 0.326 e. The summed E-state index contributed by atoms with van der Waals surface area (Å²) >= 11 is 1.39. The topological polar surface area (TPSA) is 370 Å². The molecule has 0 saturated heterocycles. The maximum Gasteiger partial charge on any atom is 0.326 e. The van der Waals surface area contributed by atoms with E-state index in [0.29, 0.717) is 37.9 Å². The standard InChI is InChI=1S/C34H62N10O11S/c1-5-18(2)27(38)33(53)42-22(12-15-56-4)31(51)43-23(17-26(46)47)32(52)41-21(11-7-9-14-36)30(50)40-20(10-6-8-13-35)29(49)39-19(3)28(48)44-24(34(54)55)16-25(37)45/h18-24,27H,5-17,35-36,38H2,1-4H3,(H2,37,45)(H,39,49)(H,40,50)(H,41,52)(H,42,53)(H,43,51)(H,44,48)(H,46,47)(H,54,55)/t18-,19-,20-,21-,22-,23-,24-,27-/m0/s1. The van der Waals surface area contributed by atoms with Crippen LogP contribution in [0.3, 0.4) is 0 Å². The highest BCUT2D eigenvalue weighted by molar-refractivity contribution is 7.98. The third kappa shape index (κ3) is 20.4. The van der Waals surface area contributed by atoms with Crippen LogP contribution < -0.4 is 54.8 Å². The molecule has 22 heteroatoms. The molecular formula is C34H62N10O11S. The van der Waals surface area contributed by atoms with Crippen LogP contribution in [0.1, 0.15) is 85.0 Å². The maximum absolute atomic E-state index is 13.7. The lowest BCUT2D eigenvalue weighted by molar-refractivity contribution is -0.143. The highest BCUT2D eigenvalue weighted by Crippen LogP contribution is 2.10. The molecule has 0 radical (unpaired) electrons. The summed E-state index contributed by atoms with van der Waals surface area (Å²) in [5.41, 5.74) is 22.3. The molecule has 0 bridgehead atoms. The van der Waals surface area contributed by atoms with Gasteiger partial charge in [0, 0.05) is 0 Å². The molecule has 8 atom stereocenters. The fourth-order valence-electron chi connectivity index (χ4n) is 5.09. The molecule has 21 nitrogen and oxygen atoms in total. The first-order chi connectivity index (χ1) is 26.3. The van der Waals surface area contributed by atoms with E-state index in [1.807, 2.05) is 6.92 Å². The van der Waals surface area contributed by atoms with Gasteiger partial charge in [0.05, 0.1) is 18.9 Å². The highest BCUT2D eigenvalue weighted by Gasteiger charge is 2.34. The maximum atomic E-state index is 13.7. The molecule has 0 aliphatic rings. The summed E-state index contributed by atoms with van der Waals surface area (Å²) < 4.78 is 0. The number of nitrogens with one attached hydrogen (secondary N) is 6. The lowest BCUT2D eigenvalue weighted by atomic mass is 9.99. The number of nitrogens with two attached hydrogens (primary N) is 4. The van der Waals surface area contributed by atoms with Gasteiger partial charge in [0.15, 0.2) is 0 Å². The Morgan fingerprint density at radius 2 is 1.02 bits per heavy atom. The zero-order chi connectivity index (χ0) is 43.0. The summed E-state index contributed by atoms with van der Waals surface area (Å²) in [7, 11) is 0. The van der Waals surface area contributed by atoms with Crippen molar-refractivity contribution in [1.82, 2.24) is 31.9 Å². The number of hydrogen-bond donors (Lipinski definition) is 12. The van der Waals surface area contributed by atoms with Crippen LogP contribution in [0.4, 0.5) is 0 Å². The number of aliphatic carboxylic acids is 2. The predicted octanol–water partition coefficient (Wildman–Crippen LogP) is -3.27. The molecule has 0 fully saturated rings. The van der Waals surface area contributed by atoms with Crippen molar-refractivity contribution in [1.29, 1.82) is 0 Å². The van der Waals surface area contributed by atoms with Crippen molar-refractivity contribution in [2.75, 3.05) is 25.1 Å². The van der Waals surface area contributed by atoms with E-state index in [0.717, 1.165) is 0 Å². The van der Waals surface area contributed by atoms with Gasteiger partial charge in [-0.3, -0.25) is 38.4 Å². The fraction of sp³-hybridized carbons (Fsp3) is 0.735. The van der Waals surface area contributed by atoms with Gasteiger partial charge < -0.3 is 65.0 Å². The monoisotopic (exact) mass is 818 g/mol. The summed E-state index contributed by atoms with van der Waals surface area (Å²) in [5, 5.41) is 33.4. The molecule has 7 amide bonds. The van der Waals surface area contributed by atoms with Crippen LogP contribution >= 0.6 is 11.8 Å². The molecule has 0 aromatic rings. The Morgan fingerprint density at radius 1 is 0.589 bits per heavy atom. The van der Waals surface area contributed by atoms with Gasteiger partial charge in [0.2, 0.25) is 41.4 Å². The zero-order valence-corrected chi connectivity index (χ0v) is 33.4. The molecule has 0 aromatic heterocycles. The minimum absolute atomic E-state index is 0.00515. The fourth-order valence-corrected chi connectivity index (χ4v) is 5.56. The summed E-state index contributed by atoms with van der Waals surface area (Å²) in [6, 6.07) is -9.38. The number of carboxylic acid groups (broad SMARTS) is 2. The Balaban J connectivity index is 6.23. The first-order valence-electron chi connectivity index (χ1n) is 18.5. The van der Waals surface area contributed by atoms with E-state index < -0.39 is 108 Å². The number of hydrogen-bond acceptors (Lipinski definition) is 13. The van der Waals surface area contributed by atoms with Gasteiger partial charge in [-0.15, -0.1) is 0 Å². The molecule has 16 N–H and O–H groups in total. The molecule has 56 heavy (non-hydrogen) atoms. The molecule has 0 heterocycles. The summed E-state index contributed by atoms with van der Waals surface area (Å²) in [4.78, 5) is 114. The van der Waals surface area contributed by atoms with Crippen molar-refractivity contribution in [2.24, 2.45) is 28.9 Å². The van der Waals surface area contributed by atoms with Crippen LogP contribution in [0.15, 0.2) is 0 Å². The quantitative estimate of drug-likeness (QED) is 0.0317. The minimum Gasteiger partial charge on any atom is -0.481 e. The van der Waals surface area contributed by atoms with E-state index in [1.165, 1.54) is 18.7 Å². The molecule has 0 saturated carbocycles. The number of primary amides is 1. The van der Waals surface area contributed by atoms with Crippen molar-refractivity contribution in [3.8, 4) is 0 Å². The molecule has 0 rings (SSSR count). The zero-order valence-electron chi connectivity index (χ0n) is 32.6. The van der Waals surface area contributed by atoms with Gasteiger partial charge in [0.1, 0.15) is 36.3 Å². The number of carbonyl (C=O) groups is 9. The Morgan fingerprint density at radius 3 is 1.45 bits per heavy atom. The van der Waals surface area contributed by atoms with Crippen LogP contribution in [0.25, 0.3) is 0 Å². The van der Waals surface area contributed by atoms with Crippen LogP contribution in [0.2, 0.25) is 0 Å².